The number of amides is 1. The molecule has 0 N–H and O–H groups in total. The van der Waals surface area contributed by atoms with Gasteiger partial charge in [-0.15, -0.1) is 0 Å². The van der Waals surface area contributed by atoms with E-state index in [2.05, 4.69) is 11.9 Å². The molecule has 0 spiro atoms. The molecule has 1 aromatic carbocycles. The summed E-state index contributed by atoms with van der Waals surface area (Å²) in [6.07, 6.45) is 1.01. The van der Waals surface area contributed by atoms with Crippen molar-refractivity contribution in [1.29, 1.82) is 0 Å². The summed E-state index contributed by atoms with van der Waals surface area (Å²) in [5.41, 5.74) is 1.98. The van der Waals surface area contributed by atoms with Crippen LogP contribution < -0.4 is 4.90 Å². The van der Waals surface area contributed by atoms with Crippen molar-refractivity contribution in [3.8, 4) is 0 Å². The highest BCUT2D eigenvalue weighted by atomic mass is 16.2. The van der Waals surface area contributed by atoms with Crippen molar-refractivity contribution in [2.75, 3.05) is 11.9 Å². The Balaban J connectivity index is 1.98. The number of imidazole rings is 1. The van der Waals surface area contributed by atoms with E-state index in [1.807, 2.05) is 42.9 Å². The van der Waals surface area contributed by atoms with E-state index in [9.17, 15) is 4.79 Å². The Hall–Kier alpha value is -1.84. The van der Waals surface area contributed by atoms with Crippen LogP contribution in [0.4, 0.5) is 5.95 Å². The quantitative estimate of drug-likeness (QED) is 0.811. The summed E-state index contributed by atoms with van der Waals surface area (Å²) in [7, 11) is 3.76. The molecule has 1 saturated carbocycles. The smallest absolute Gasteiger partial charge is 0.232 e. The van der Waals surface area contributed by atoms with Gasteiger partial charge in [0.05, 0.1) is 11.0 Å². The number of carbonyl (C=O) groups excluding carboxylic acids is 1. The molecule has 4 heteroatoms. The summed E-state index contributed by atoms with van der Waals surface area (Å²) in [6.45, 7) is 2.12. The maximum absolute atomic E-state index is 12.2. The lowest BCUT2D eigenvalue weighted by molar-refractivity contribution is -0.119. The van der Waals surface area contributed by atoms with E-state index in [1.54, 1.807) is 4.90 Å². The van der Waals surface area contributed by atoms with Crippen LogP contribution in [-0.2, 0) is 11.8 Å². The van der Waals surface area contributed by atoms with E-state index < -0.39 is 0 Å². The highest BCUT2D eigenvalue weighted by Crippen LogP contribution is 2.39. The molecule has 1 aliphatic rings. The molecular weight excluding hydrogens is 226 g/mol. The summed E-state index contributed by atoms with van der Waals surface area (Å²) < 4.78 is 1.97. The minimum Gasteiger partial charge on any atom is -0.313 e. The number of nitrogens with zero attached hydrogens (tertiary/aromatic N) is 3. The Morgan fingerprint density at radius 3 is 2.72 bits per heavy atom. The maximum Gasteiger partial charge on any atom is 0.232 e. The van der Waals surface area contributed by atoms with E-state index in [-0.39, 0.29) is 11.8 Å². The lowest BCUT2D eigenvalue weighted by Gasteiger charge is -2.16. The molecule has 1 amide bonds. The van der Waals surface area contributed by atoms with Crippen molar-refractivity contribution >= 4 is 22.9 Å². The summed E-state index contributed by atoms with van der Waals surface area (Å²) in [5, 5.41) is 0. The summed E-state index contributed by atoms with van der Waals surface area (Å²) >= 11 is 0. The molecule has 0 radical (unpaired) electrons. The third-order valence-electron chi connectivity index (χ3n) is 3.82. The first kappa shape index (κ1) is 11.3. The van der Waals surface area contributed by atoms with Gasteiger partial charge in [0.1, 0.15) is 0 Å². The second kappa shape index (κ2) is 3.83. The van der Waals surface area contributed by atoms with Crippen molar-refractivity contribution in [2.24, 2.45) is 18.9 Å². The van der Waals surface area contributed by atoms with Crippen LogP contribution >= 0.6 is 0 Å². The Kier molecular flexibility index (Phi) is 2.40. The SMILES string of the molecule is C[C@@H]1C[C@H]1C(=O)N(C)c1nc2ccccc2n1C. The van der Waals surface area contributed by atoms with Gasteiger partial charge in [-0.1, -0.05) is 19.1 Å². The highest BCUT2D eigenvalue weighted by Gasteiger charge is 2.41. The number of aryl methyl sites for hydroxylation is 1. The maximum atomic E-state index is 12.2. The van der Waals surface area contributed by atoms with Gasteiger partial charge in [-0.2, -0.15) is 0 Å². The molecule has 2 atom stereocenters. The third-order valence-corrected chi connectivity index (χ3v) is 3.82. The first-order valence-electron chi connectivity index (χ1n) is 6.28. The number of aromatic nitrogens is 2. The number of anilines is 1. The summed E-state index contributed by atoms with van der Waals surface area (Å²) in [6, 6.07) is 7.93. The minimum atomic E-state index is 0.181. The van der Waals surface area contributed by atoms with Gasteiger partial charge in [0.25, 0.3) is 0 Å². The van der Waals surface area contributed by atoms with Gasteiger partial charge >= 0.3 is 0 Å². The molecule has 3 rings (SSSR count). The van der Waals surface area contributed by atoms with Crippen LogP contribution in [0.1, 0.15) is 13.3 Å². The molecule has 0 aliphatic heterocycles. The third kappa shape index (κ3) is 1.60. The monoisotopic (exact) mass is 243 g/mol. The lowest BCUT2D eigenvalue weighted by Crippen LogP contribution is -2.30. The number of hydrogen-bond acceptors (Lipinski definition) is 2. The predicted octanol–water partition coefficient (Wildman–Crippen LogP) is 2.19. The first-order chi connectivity index (χ1) is 8.59. The van der Waals surface area contributed by atoms with Crippen molar-refractivity contribution in [3.63, 3.8) is 0 Å². The molecule has 1 aliphatic carbocycles. The van der Waals surface area contributed by atoms with Gasteiger partial charge in [0, 0.05) is 20.0 Å². The van der Waals surface area contributed by atoms with E-state index in [0.29, 0.717) is 5.92 Å². The summed E-state index contributed by atoms with van der Waals surface area (Å²) in [4.78, 5) is 18.4. The fourth-order valence-corrected chi connectivity index (χ4v) is 2.45. The van der Waals surface area contributed by atoms with E-state index in [0.717, 1.165) is 23.4 Å². The first-order valence-corrected chi connectivity index (χ1v) is 6.28. The van der Waals surface area contributed by atoms with Crippen LogP contribution in [-0.4, -0.2) is 22.5 Å². The Bertz CT molecular complexity index is 617. The molecule has 1 fully saturated rings. The van der Waals surface area contributed by atoms with Crippen molar-refractivity contribution in [1.82, 2.24) is 9.55 Å². The number of benzene rings is 1. The Morgan fingerprint density at radius 1 is 1.44 bits per heavy atom. The largest absolute Gasteiger partial charge is 0.313 e. The standard InChI is InChI=1S/C14H17N3O/c1-9-8-10(9)13(18)17(3)14-15-11-6-4-5-7-12(11)16(14)2/h4-7,9-10H,8H2,1-3H3/t9-,10-/m1/s1. The topological polar surface area (TPSA) is 38.1 Å². The molecule has 18 heavy (non-hydrogen) atoms. The van der Waals surface area contributed by atoms with Gasteiger partial charge in [0.2, 0.25) is 11.9 Å². The zero-order chi connectivity index (χ0) is 12.9. The molecule has 0 unspecified atom stereocenters. The zero-order valence-corrected chi connectivity index (χ0v) is 10.9. The number of carbonyl (C=O) groups is 1. The molecule has 1 heterocycles. The molecule has 4 nitrogen and oxygen atoms in total. The molecule has 94 valence electrons. The van der Waals surface area contributed by atoms with Crippen LogP contribution in [0.25, 0.3) is 11.0 Å². The van der Waals surface area contributed by atoms with Crippen LogP contribution in [0.15, 0.2) is 24.3 Å². The van der Waals surface area contributed by atoms with Gasteiger partial charge in [-0.3, -0.25) is 9.69 Å². The number of hydrogen-bond donors (Lipinski definition) is 0. The normalized spacial score (nSPS) is 22.2. The molecule has 2 aromatic rings. The average molecular weight is 243 g/mol. The van der Waals surface area contributed by atoms with Crippen LogP contribution in [0, 0.1) is 11.8 Å². The van der Waals surface area contributed by atoms with E-state index in [1.165, 1.54) is 0 Å². The molecule has 1 aromatic heterocycles. The Labute approximate surface area is 106 Å². The van der Waals surface area contributed by atoms with Crippen molar-refractivity contribution in [2.45, 2.75) is 13.3 Å². The van der Waals surface area contributed by atoms with Crippen LogP contribution in [0.5, 0.6) is 0 Å². The van der Waals surface area contributed by atoms with Crippen LogP contribution in [0.3, 0.4) is 0 Å². The lowest BCUT2D eigenvalue weighted by atomic mass is 10.3. The highest BCUT2D eigenvalue weighted by molar-refractivity contribution is 5.96. The number of rotatable bonds is 2. The van der Waals surface area contributed by atoms with Gasteiger partial charge in [-0.05, 0) is 24.5 Å². The second-order valence-electron chi connectivity index (χ2n) is 5.18. The van der Waals surface area contributed by atoms with Gasteiger partial charge in [-0.25, -0.2) is 4.98 Å². The molecule has 0 bridgehead atoms. The van der Waals surface area contributed by atoms with E-state index in [4.69, 9.17) is 0 Å². The summed E-state index contributed by atoms with van der Waals surface area (Å²) in [5.74, 6) is 1.62. The Morgan fingerprint density at radius 2 is 2.11 bits per heavy atom. The number of para-hydroxylation sites is 2. The average Bonchev–Trinajstić information content (AvgIpc) is 3.01. The second-order valence-corrected chi connectivity index (χ2v) is 5.18. The molecule has 0 saturated heterocycles. The predicted molar refractivity (Wildman–Crippen MR) is 71.4 cm³/mol. The fraction of sp³-hybridized carbons (Fsp3) is 0.429. The van der Waals surface area contributed by atoms with Gasteiger partial charge < -0.3 is 4.57 Å². The van der Waals surface area contributed by atoms with E-state index >= 15 is 0 Å². The van der Waals surface area contributed by atoms with Crippen molar-refractivity contribution in [3.05, 3.63) is 24.3 Å². The van der Waals surface area contributed by atoms with Gasteiger partial charge in [0.15, 0.2) is 0 Å². The van der Waals surface area contributed by atoms with Crippen LogP contribution in [0.2, 0.25) is 0 Å². The van der Waals surface area contributed by atoms with Crippen molar-refractivity contribution < 1.29 is 4.79 Å². The zero-order valence-electron chi connectivity index (χ0n) is 10.9. The number of fused-ring (bicyclic) bond motifs is 1. The fourth-order valence-electron chi connectivity index (χ4n) is 2.45. The minimum absolute atomic E-state index is 0.181. The molecular formula is C14H17N3O.